The van der Waals surface area contributed by atoms with Crippen LogP contribution in [-0.2, 0) is 9.53 Å². The summed E-state index contributed by atoms with van der Waals surface area (Å²) in [5, 5.41) is 7.28. The molecular weight excluding hydrogens is 144 g/mol. The van der Waals surface area contributed by atoms with Gasteiger partial charge in [0.25, 0.3) is 0 Å². The highest BCUT2D eigenvalue weighted by Crippen LogP contribution is 2.00. The Bertz CT molecular complexity index is 208. The van der Waals surface area contributed by atoms with Crippen LogP contribution in [0.3, 0.4) is 0 Å². The summed E-state index contributed by atoms with van der Waals surface area (Å²) in [7, 11) is 0. The molecule has 0 unspecified atom stereocenters. The smallest absolute Gasteiger partial charge is 0.354 e. The van der Waals surface area contributed by atoms with Crippen molar-refractivity contribution in [1.82, 2.24) is 0 Å². The lowest BCUT2D eigenvalue weighted by Crippen LogP contribution is -2.18. The molecule has 0 spiro atoms. The van der Waals surface area contributed by atoms with Crippen molar-refractivity contribution in [3.05, 3.63) is 0 Å². The molecule has 0 N–H and O–H groups in total. The van der Waals surface area contributed by atoms with Gasteiger partial charge in [0.2, 0.25) is 0 Å². The summed E-state index contributed by atoms with van der Waals surface area (Å²) in [4.78, 5) is 11.0. The molecule has 0 amide bonds. The van der Waals surface area contributed by atoms with E-state index in [1.165, 1.54) is 0 Å². The van der Waals surface area contributed by atoms with Crippen molar-refractivity contribution in [3.63, 3.8) is 0 Å². The lowest BCUT2D eigenvalue weighted by molar-refractivity contribution is -0.135. The highest BCUT2D eigenvalue weighted by Gasteiger charge is 2.13. The van der Waals surface area contributed by atoms with Gasteiger partial charge >= 0.3 is 5.97 Å². The maximum atomic E-state index is 11.0. The molecule has 1 aliphatic rings. The summed E-state index contributed by atoms with van der Waals surface area (Å²) < 4.78 is 4.74. The van der Waals surface area contributed by atoms with Gasteiger partial charge in [0.1, 0.15) is 5.71 Å². The lowest BCUT2D eigenvalue weighted by atomic mass is 10.2. The highest BCUT2D eigenvalue weighted by molar-refractivity contribution is 6.36. The maximum Gasteiger partial charge on any atom is 0.354 e. The molecule has 1 rings (SSSR count). The van der Waals surface area contributed by atoms with Crippen LogP contribution >= 0.6 is 0 Å². The van der Waals surface area contributed by atoms with E-state index in [1.54, 1.807) is 13.1 Å². The van der Waals surface area contributed by atoms with Crippen LogP contribution in [0, 0.1) is 0 Å². The molecule has 0 fully saturated rings. The molecule has 0 aromatic carbocycles. The van der Waals surface area contributed by atoms with Crippen molar-refractivity contribution in [3.8, 4) is 0 Å². The number of carbonyl (C=O) groups is 1. The molecule has 60 valence electrons. The number of hydrogen-bond acceptors (Lipinski definition) is 4. The Labute approximate surface area is 65.0 Å². The highest BCUT2D eigenvalue weighted by atomic mass is 16.5. The van der Waals surface area contributed by atoms with E-state index in [4.69, 9.17) is 4.74 Å². The summed E-state index contributed by atoms with van der Waals surface area (Å²) in [5.74, 6) is -0.343. The van der Waals surface area contributed by atoms with E-state index in [0.717, 1.165) is 6.42 Å². The van der Waals surface area contributed by atoms with Crippen LogP contribution in [0.15, 0.2) is 10.2 Å². The molecule has 0 aromatic rings. The largest absolute Gasteiger partial charge is 0.461 e. The molecule has 0 radical (unpaired) electrons. The van der Waals surface area contributed by atoms with E-state index in [0.29, 0.717) is 18.7 Å². The molecule has 0 aromatic heterocycles. The molecule has 0 atom stereocenters. The van der Waals surface area contributed by atoms with Gasteiger partial charge in [-0.25, -0.2) is 4.79 Å². The van der Waals surface area contributed by atoms with Gasteiger partial charge in [0.15, 0.2) is 0 Å². The second kappa shape index (κ2) is 3.85. The molecule has 1 aliphatic heterocycles. The Kier molecular flexibility index (Phi) is 2.77. The molecule has 1 heterocycles. The second-order valence-electron chi connectivity index (χ2n) is 2.10. The Morgan fingerprint density at radius 1 is 1.82 bits per heavy atom. The minimum atomic E-state index is -0.343. The molecular formula is C7H10N2O2. The SMILES string of the molecule is CCOC(=O)C1=NN=CCC1. The zero-order valence-electron chi connectivity index (χ0n) is 6.41. The zero-order valence-corrected chi connectivity index (χ0v) is 6.41. The van der Waals surface area contributed by atoms with E-state index in [1.807, 2.05) is 0 Å². The maximum absolute atomic E-state index is 11.0. The van der Waals surface area contributed by atoms with Gasteiger partial charge in [-0.05, 0) is 13.3 Å². The van der Waals surface area contributed by atoms with Crippen molar-refractivity contribution in [2.75, 3.05) is 6.61 Å². The monoisotopic (exact) mass is 154 g/mol. The van der Waals surface area contributed by atoms with Gasteiger partial charge in [-0.2, -0.15) is 5.10 Å². The number of esters is 1. The Morgan fingerprint density at radius 2 is 2.64 bits per heavy atom. The summed E-state index contributed by atoms with van der Waals surface area (Å²) in [5.41, 5.74) is 0.425. The normalized spacial score (nSPS) is 15.9. The van der Waals surface area contributed by atoms with Crippen molar-refractivity contribution >= 4 is 17.9 Å². The van der Waals surface area contributed by atoms with Gasteiger partial charge < -0.3 is 4.74 Å². The average molecular weight is 154 g/mol. The van der Waals surface area contributed by atoms with Gasteiger partial charge in [-0.15, -0.1) is 5.10 Å². The fourth-order valence-corrected chi connectivity index (χ4v) is 0.777. The van der Waals surface area contributed by atoms with E-state index in [-0.39, 0.29) is 5.97 Å². The predicted molar refractivity (Wildman–Crippen MR) is 41.8 cm³/mol. The number of carbonyl (C=O) groups excluding carboxylic acids is 1. The summed E-state index contributed by atoms with van der Waals surface area (Å²) in [6.07, 6.45) is 3.10. The van der Waals surface area contributed by atoms with E-state index >= 15 is 0 Å². The van der Waals surface area contributed by atoms with Crippen LogP contribution in [0.1, 0.15) is 19.8 Å². The van der Waals surface area contributed by atoms with Crippen molar-refractivity contribution in [2.24, 2.45) is 10.2 Å². The number of nitrogens with zero attached hydrogens (tertiary/aromatic N) is 2. The summed E-state index contributed by atoms with van der Waals surface area (Å²) in [6.45, 7) is 2.16. The topological polar surface area (TPSA) is 51.0 Å². The van der Waals surface area contributed by atoms with Gasteiger partial charge in [-0.3, -0.25) is 0 Å². The van der Waals surface area contributed by atoms with Crippen LogP contribution in [0.25, 0.3) is 0 Å². The molecule has 0 aliphatic carbocycles. The van der Waals surface area contributed by atoms with Gasteiger partial charge in [0, 0.05) is 12.6 Å². The second-order valence-corrected chi connectivity index (χ2v) is 2.10. The molecule has 0 bridgehead atoms. The van der Waals surface area contributed by atoms with Gasteiger partial charge in [0.05, 0.1) is 6.61 Å². The van der Waals surface area contributed by atoms with Crippen molar-refractivity contribution < 1.29 is 9.53 Å². The number of hydrogen-bond donors (Lipinski definition) is 0. The number of ether oxygens (including phenoxy) is 1. The summed E-state index contributed by atoms with van der Waals surface area (Å²) >= 11 is 0. The van der Waals surface area contributed by atoms with Crippen LogP contribution in [-0.4, -0.2) is 24.5 Å². The molecule has 4 nitrogen and oxygen atoms in total. The van der Waals surface area contributed by atoms with Crippen LogP contribution < -0.4 is 0 Å². The molecule has 0 saturated heterocycles. The zero-order chi connectivity index (χ0) is 8.10. The fraction of sp³-hybridized carbons (Fsp3) is 0.571. The lowest BCUT2D eigenvalue weighted by Gasteiger charge is -2.04. The molecule has 0 saturated carbocycles. The molecule has 11 heavy (non-hydrogen) atoms. The fourth-order valence-electron chi connectivity index (χ4n) is 0.777. The standard InChI is InChI=1S/C7H10N2O2/c1-2-11-7(10)6-4-3-5-8-9-6/h5H,2-4H2,1H3. The Hall–Kier alpha value is -1.19. The third kappa shape index (κ3) is 2.14. The minimum Gasteiger partial charge on any atom is -0.461 e. The third-order valence-corrected chi connectivity index (χ3v) is 1.28. The molecule has 4 heteroatoms. The van der Waals surface area contributed by atoms with E-state index in [9.17, 15) is 4.79 Å². The van der Waals surface area contributed by atoms with Crippen LogP contribution in [0.4, 0.5) is 0 Å². The van der Waals surface area contributed by atoms with Crippen LogP contribution in [0.2, 0.25) is 0 Å². The first-order valence-corrected chi connectivity index (χ1v) is 3.60. The van der Waals surface area contributed by atoms with Crippen molar-refractivity contribution in [2.45, 2.75) is 19.8 Å². The van der Waals surface area contributed by atoms with Crippen molar-refractivity contribution in [1.29, 1.82) is 0 Å². The minimum absolute atomic E-state index is 0.343. The van der Waals surface area contributed by atoms with E-state index < -0.39 is 0 Å². The summed E-state index contributed by atoms with van der Waals surface area (Å²) in [6, 6.07) is 0. The average Bonchev–Trinajstić information content (AvgIpc) is 2.07. The number of rotatable bonds is 2. The first-order chi connectivity index (χ1) is 5.34. The van der Waals surface area contributed by atoms with E-state index in [2.05, 4.69) is 10.2 Å². The first-order valence-electron chi connectivity index (χ1n) is 3.60. The Balaban J connectivity index is 2.52. The predicted octanol–water partition coefficient (Wildman–Crippen LogP) is 0.770. The third-order valence-electron chi connectivity index (χ3n) is 1.28. The van der Waals surface area contributed by atoms with Crippen LogP contribution in [0.5, 0.6) is 0 Å². The first kappa shape index (κ1) is 7.91. The Morgan fingerprint density at radius 3 is 3.18 bits per heavy atom. The quantitative estimate of drug-likeness (QED) is 0.551. The van der Waals surface area contributed by atoms with Gasteiger partial charge in [-0.1, -0.05) is 0 Å².